The van der Waals surface area contributed by atoms with E-state index >= 15 is 0 Å². The van der Waals surface area contributed by atoms with Gasteiger partial charge in [0.15, 0.2) is 0 Å². The molecule has 0 aliphatic heterocycles. The lowest BCUT2D eigenvalue weighted by atomic mass is 10.2. The molecule has 0 spiro atoms. The van der Waals surface area contributed by atoms with Gasteiger partial charge >= 0.3 is 5.97 Å². The first-order valence-electron chi connectivity index (χ1n) is 6.43. The van der Waals surface area contributed by atoms with Crippen molar-refractivity contribution in [1.82, 2.24) is 5.32 Å². The fraction of sp³-hybridized carbons (Fsp3) is 0.357. The average Bonchev–Trinajstić information content (AvgIpc) is 2.39. The van der Waals surface area contributed by atoms with E-state index in [2.05, 4.69) is 10.6 Å². The second kappa shape index (κ2) is 7.93. The van der Waals surface area contributed by atoms with E-state index in [-0.39, 0.29) is 17.9 Å². The number of hydrogen-bond donors (Lipinski definition) is 3. The van der Waals surface area contributed by atoms with Crippen molar-refractivity contribution in [3.8, 4) is 0 Å². The van der Waals surface area contributed by atoms with Crippen molar-refractivity contribution in [1.29, 1.82) is 0 Å². The second-order valence-corrected chi connectivity index (χ2v) is 4.31. The number of carboxylic acids is 1. The van der Waals surface area contributed by atoms with Gasteiger partial charge in [-0.05, 0) is 30.7 Å². The number of benzene rings is 1. The third-order valence-corrected chi connectivity index (χ3v) is 2.59. The lowest BCUT2D eigenvalue weighted by Gasteiger charge is -2.06. The molecule has 0 unspecified atom stereocenters. The molecule has 0 radical (unpaired) electrons. The van der Waals surface area contributed by atoms with E-state index in [9.17, 15) is 14.4 Å². The molecule has 0 aromatic heterocycles. The van der Waals surface area contributed by atoms with Crippen LogP contribution < -0.4 is 10.6 Å². The van der Waals surface area contributed by atoms with Crippen LogP contribution in [0, 0.1) is 0 Å². The lowest BCUT2D eigenvalue weighted by Crippen LogP contribution is -2.28. The third kappa shape index (κ3) is 5.51. The zero-order chi connectivity index (χ0) is 15.0. The molecule has 0 heterocycles. The van der Waals surface area contributed by atoms with Gasteiger partial charge in [0.1, 0.15) is 6.42 Å². The molecule has 0 atom stereocenters. The van der Waals surface area contributed by atoms with E-state index in [1.807, 2.05) is 6.92 Å². The number of carbonyl (C=O) groups is 3. The highest BCUT2D eigenvalue weighted by atomic mass is 16.4. The normalized spacial score (nSPS) is 9.85. The summed E-state index contributed by atoms with van der Waals surface area (Å²) in [6.07, 6.45) is 1.61. The first-order valence-corrected chi connectivity index (χ1v) is 6.43. The monoisotopic (exact) mass is 278 g/mol. The largest absolute Gasteiger partial charge is 0.478 e. The number of aromatic carboxylic acids is 1. The van der Waals surface area contributed by atoms with Crippen molar-refractivity contribution in [2.24, 2.45) is 0 Å². The highest BCUT2D eigenvalue weighted by molar-refractivity contribution is 6.03. The minimum absolute atomic E-state index is 0.139. The fourth-order valence-electron chi connectivity index (χ4n) is 1.51. The molecule has 0 aliphatic rings. The van der Waals surface area contributed by atoms with E-state index in [4.69, 9.17) is 5.11 Å². The summed E-state index contributed by atoms with van der Waals surface area (Å²) in [5.74, 6) is -1.78. The van der Waals surface area contributed by atoms with Crippen molar-refractivity contribution in [2.75, 3.05) is 11.9 Å². The van der Waals surface area contributed by atoms with Crippen LogP contribution in [0.2, 0.25) is 0 Å². The standard InChI is InChI=1S/C14H18N2O4/c1-2-3-8-15-12(17)9-13(18)16-11-6-4-10(5-7-11)14(19)20/h4-7H,2-3,8-9H2,1H3,(H,15,17)(H,16,18)(H,19,20). The Morgan fingerprint density at radius 3 is 2.30 bits per heavy atom. The molecule has 0 saturated carbocycles. The van der Waals surface area contributed by atoms with Crippen LogP contribution in [-0.2, 0) is 9.59 Å². The van der Waals surface area contributed by atoms with Gasteiger partial charge in [-0.3, -0.25) is 9.59 Å². The Morgan fingerprint density at radius 1 is 1.10 bits per heavy atom. The average molecular weight is 278 g/mol. The molecule has 0 bridgehead atoms. The number of nitrogens with one attached hydrogen (secondary N) is 2. The van der Waals surface area contributed by atoms with Gasteiger partial charge < -0.3 is 15.7 Å². The number of hydrogen-bond acceptors (Lipinski definition) is 3. The number of amides is 2. The Morgan fingerprint density at radius 2 is 1.75 bits per heavy atom. The van der Waals surface area contributed by atoms with Crippen LogP contribution >= 0.6 is 0 Å². The minimum Gasteiger partial charge on any atom is -0.478 e. The summed E-state index contributed by atoms with van der Waals surface area (Å²) in [7, 11) is 0. The summed E-state index contributed by atoms with van der Waals surface area (Å²) >= 11 is 0. The maximum atomic E-state index is 11.6. The summed E-state index contributed by atoms with van der Waals surface area (Å²) in [6, 6.07) is 5.74. The van der Waals surface area contributed by atoms with Crippen molar-refractivity contribution >= 4 is 23.5 Å². The molecule has 108 valence electrons. The highest BCUT2D eigenvalue weighted by Gasteiger charge is 2.09. The minimum atomic E-state index is -1.03. The van der Waals surface area contributed by atoms with Crippen LogP contribution in [0.1, 0.15) is 36.5 Å². The van der Waals surface area contributed by atoms with Gasteiger partial charge in [0.2, 0.25) is 11.8 Å². The topological polar surface area (TPSA) is 95.5 Å². The van der Waals surface area contributed by atoms with Crippen LogP contribution in [0.15, 0.2) is 24.3 Å². The van der Waals surface area contributed by atoms with Gasteiger partial charge in [-0.15, -0.1) is 0 Å². The molecule has 3 N–H and O–H groups in total. The predicted octanol–water partition coefficient (Wildman–Crippen LogP) is 1.63. The maximum Gasteiger partial charge on any atom is 0.335 e. The molecular formula is C14H18N2O4. The molecular weight excluding hydrogens is 260 g/mol. The van der Waals surface area contributed by atoms with Crippen LogP contribution in [0.25, 0.3) is 0 Å². The van der Waals surface area contributed by atoms with Crippen molar-refractivity contribution in [3.63, 3.8) is 0 Å². The SMILES string of the molecule is CCCCNC(=O)CC(=O)Nc1ccc(C(=O)O)cc1. The quantitative estimate of drug-likeness (QED) is 0.522. The molecule has 6 heteroatoms. The van der Waals surface area contributed by atoms with Crippen molar-refractivity contribution in [2.45, 2.75) is 26.2 Å². The van der Waals surface area contributed by atoms with Gasteiger partial charge in [0.25, 0.3) is 0 Å². The van der Waals surface area contributed by atoms with Crippen LogP contribution in [-0.4, -0.2) is 29.4 Å². The number of unbranched alkanes of at least 4 members (excludes halogenated alkanes) is 1. The van der Waals surface area contributed by atoms with E-state index in [0.29, 0.717) is 12.2 Å². The maximum absolute atomic E-state index is 11.6. The Kier molecular flexibility index (Phi) is 6.22. The number of carboxylic acid groups (broad SMARTS) is 1. The number of rotatable bonds is 7. The summed E-state index contributed by atoms with van der Waals surface area (Å²) < 4.78 is 0. The highest BCUT2D eigenvalue weighted by Crippen LogP contribution is 2.09. The molecule has 1 aromatic carbocycles. The molecule has 1 aromatic rings. The van der Waals surface area contributed by atoms with Gasteiger partial charge in [-0.1, -0.05) is 13.3 Å². The Labute approximate surface area is 117 Å². The van der Waals surface area contributed by atoms with Crippen molar-refractivity contribution < 1.29 is 19.5 Å². The Hall–Kier alpha value is -2.37. The molecule has 1 rings (SSSR count). The molecule has 20 heavy (non-hydrogen) atoms. The van der Waals surface area contributed by atoms with E-state index in [1.165, 1.54) is 24.3 Å². The molecule has 2 amide bonds. The number of anilines is 1. The first kappa shape index (κ1) is 15.7. The van der Waals surface area contributed by atoms with E-state index in [1.54, 1.807) is 0 Å². The summed E-state index contributed by atoms with van der Waals surface area (Å²) in [4.78, 5) is 33.7. The molecule has 0 saturated heterocycles. The Bertz CT molecular complexity index is 482. The summed E-state index contributed by atoms with van der Waals surface area (Å²) in [6.45, 7) is 2.58. The van der Waals surface area contributed by atoms with Crippen LogP contribution in [0.3, 0.4) is 0 Å². The van der Waals surface area contributed by atoms with Gasteiger partial charge in [0.05, 0.1) is 5.56 Å². The first-order chi connectivity index (χ1) is 9.52. The van der Waals surface area contributed by atoms with E-state index < -0.39 is 11.9 Å². The Balaban J connectivity index is 2.42. The van der Waals surface area contributed by atoms with Crippen LogP contribution in [0.4, 0.5) is 5.69 Å². The number of carbonyl (C=O) groups excluding carboxylic acids is 2. The zero-order valence-corrected chi connectivity index (χ0v) is 11.3. The summed E-state index contributed by atoms with van der Waals surface area (Å²) in [5.41, 5.74) is 0.599. The molecule has 0 fully saturated rings. The van der Waals surface area contributed by atoms with Gasteiger partial charge in [0, 0.05) is 12.2 Å². The zero-order valence-electron chi connectivity index (χ0n) is 11.3. The van der Waals surface area contributed by atoms with Crippen molar-refractivity contribution in [3.05, 3.63) is 29.8 Å². The lowest BCUT2D eigenvalue weighted by molar-refractivity contribution is -0.126. The predicted molar refractivity (Wildman–Crippen MR) is 74.6 cm³/mol. The second-order valence-electron chi connectivity index (χ2n) is 4.31. The molecule has 0 aliphatic carbocycles. The van der Waals surface area contributed by atoms with Gasteiger partial charge in [-0.2, -0.15) is 0 Å². The third-order valence-electron chi connectivity index (χ3n) is 2.59. The fourth-order valence-corrected chi connectivity index (χ4v) is 1.51. The smallest absolute Gasteiger partial charge is 0.335 e. The summed E-state index contributed by atoms with van der Waals surface area (Å²) in [5, 5.41) is 13.9. The van der Waals surface area contributed by atoms with Gasteiger partial charge in [-0.25, -0.2) is 4.79 Å². The van der Waals surface area contributed by atoms with Crippen LogP contribution in [0.5, 0.6) is 0 Å². The van der Waals surface area contributed by atoms with E-state index in [0.717, 1.165) is 12.8 Å². The molecule has 6 nitrogen and oxygen atoms in total.